The third-order valence-electron chi connectivity index (χ3n) is 5.96. The highest BCUT2D eigenvalue weighted by Crippen LogP contribution is 2.29. The molecule has 0 fully saturated rings. The molecule has 0 radical (unpaired) electrons. The first-order chi connectivity index (χ1) is 20.2. The third-order valence-corrected chi connectivity index (χ3v) is 7.88. The van der Waals surface area contributed by atoms with Crippen LogP contribution < -0.4 is 16.0 Å². The molecule has 0 aliphatic carbocycles. The fourth-order valence-electron chi connectivity index (χ4n) is 3.82. The van der Waals surface area contributed by atoms with E-state index in [4.69, 9.17) is 23.2 Å². The zero-order valence-electron chi connectivity index (χ0n) is 22.4. The van der Waals surface area contributed by atoms with E-state index in [-0.39, 0.29) is 17.3 Å². The van der Waals surface area contributed by atoms with Crippen LogP contribution in [0.4, 0.5) is 15.8 Å². The smallest absolute Gasteiger partial charge is 0.272 e. The number of carbonyl (C=O) groups is 3. The molecule has 1 unspecified atom stereocenters. The fourth-order valence-corrected chi connectivity index (χ4v) is 5.30. The van der Waals surface area contributed by atoms with Gasteiger partial charge in [-0.3, -0.25) is 14.4 Å². The molecule has 0 spiro atoms. The first-order valence-corrected chi connectivity index (χ1v) is 14.5. The van der Waals surface area contributed by atoms with Gasteiger partial charge in [0.15, 0.2) is 0 Å². The number of halogens is 3. The second-order valence-electron chi connectivity index (χ2n) is 9.01. The summed E-state index contributed by atoms with van der Waals surface area (Å²) in [6.07, 6.45) is 1.95. The molecule has 3 N–H and O–H groups in total. The molecule has 0 aliphatic heterocycles. The van der Waals surface area contributed by atoms with E-state index in [1.807, 2.05) is 6.92 Å². The van der Waals surface area contributed by atoms with Crippen LogP contribution >= 0.6 is 35.0 Å². The number of nitrogens with one attached hydrogen (secondary N) is 3. The molecule has 214 valence electrons. The van der Waals surface area contributed by atoms with Crippen molar-refractivity contribution in [3.63, 3.8) is 0 Å². The van der Waals surface area contributed by atoms with Crippen molar-refractivity contribution in [3.8, 4) is 0 Å². The van der Waals surface area contributed by atoms with Gasteiger partial charge in [-0.15, -0.1) is 11.8 Å². The first kappa shape index (κ1) is 30.8. The number of rotatable bonds is 10. The van der Waals surface area contributed by atoms with Gasteiger partial charge in [0.1, 0.15) is 11.5 Å². The molecular formula is C32H26Cl2FN3O3S. The van der Waals surface area contributed by atoms with Crippen LogP contribution in [-0.2, 0) is 9.59 Å². The molecule has 0 saturated carbocycles. The first-order valence-electron chi connectivity index (χ1n) is 12.9. The van der Waals surface area contributed by atoms with Crippen molar-refractivity contribution in [1.29, 1.82) is 0 Å². The van der Waals surface area contributed by atoms with Crippen molar-refractivity contribution in [2.24, 2.45) is 0 Å². The van der Waals surface area contributed by atoms with Gasteiger partial charge >= 0.3 is 0 Å². The molecule has 4 aromatic rings. The summed E-state index contributed by atoms with van der Waals surface area (Å²) in [5.74, 6) is -1.91. The van der Waals surface area contributed by atoms with Crippen LogP contribution in [0.15, 0.2) is 108 Å². The van der Waals surface area contributed by atoms with Gasteiger partial charge in [0.25, 0.3) is 11.8 Å². The number of hydrogen-bond acceptors (Lipinski definition) is 4. The monoisotopic (exact) mass is 621 g/mol. The predicted molar refractivity (Wildman–Crippen MR) is 168 cm³/mol. The zero-order chi connectivity index (χ0) is 30.1. The summed E-state index contributed by atoms with van der Waals surface area (Å²) in [7, 11) is 0. The van der Waals surface area contributed by atoms with E-state index in [1.54, 1.807) is 78.9 Å². The molecule has 6 nitrogen and oxygen atoms in total. The maximum atomic E-state index is 14.0. The highest BCUT2D eigenvalue weighted by Gasteiger charge is 2.20. The number of anilines is 2. The minimum absolute atomic E-state index is 0.0400. The summed E-state index contributed by atoms with van der Waals surface area (Å²) in [4.78, 5) is 39.9. The predicted octanol–water partition coefficient (Wildman–Crippen LogP) is 8.05. The lowest BCUT2D eigenvalue weighted by atomic mass is 10.1. The molecule has 42 heavy (non-hydrogen) atoms. The van der Waals surface area contributed by atoms with Crippen LogP contribution in [0, 0.1) is 5.82 Å². The van der Waals surface area contributed by atoms with Gasteiger partial charge in [-0.1, -0.05) is 72.6 Å². The summed E-state index contributed by atoms with van der Waals surface area (Å²) >= 11 is 13.6. The summed E-state index contributed by atoms with van der Waals surface area (Å²) in [6, 6.07) is 26.2. The van der Waals surface area contributed by atoms with Crippen molar-refractivity contribution in [3.05, 3.63) is 130 Å². The lowest BCUT2D eigenvalue weighted by Gasteiger charge is -2.16. The average Bonchev–Trinajstić information content (AvgIpc) is 2.98. The Morgan fingerprint density at radius 1 is 0.881 bits per heavy atom. The van der Waals surface area contributed by atoms with E-state index >= 15 is 0 Å². The summed E-state index contributed by atoms with van der Waals surface area (Å²) in [5, 5.41) is 8.33. The number of para-hydroxylation sites is 1. The number of benzene rings is 4. The van der Waals surface area contributed by atoms with Crippen LogP contribution in [0.3, 0.4) is 0 Å². The zero-order valence-corrected chi connectivity index (χ0v) is 24.7. The molecule has 1 atom stereocenters. The fraction of sp³-hybridized carbons (Fsp3) is 0.0938. The maximum Gasteiger partial charge on any atom is 0.272 e. The van der Waals surface area contributed by atoms with Gasteiger partial charge in [-0.25, -0.2) is 4.39 Å². The molecule has 0 bridgehead atoms. The molecular weight excluding hydrogens is 596 g/mol. The third kappa shape index (κ3) is 8.45. The van der Waals surface area contributed by atoms with Crippen LogP contribution in [0.2, 0.25) is 10.0 Å². The Hall–Kier alpha value is -4.11. The van der Waals surface area contributed by atoms with Gasteiger partial charge in [-0.05, 0) is 72.7 Å². The standard InChI is InChI=1S/C32H26Cl2FN3O3S/c1-2-29(32(41)37-27-14-7-6-13-26(27)35)42-24-12-8-11-23(19-24)36-31(40)28(17-21-15-16-22(33)18-25(21)34)38-30(39)20-9-4-3-5-10-20/h3-19,29H,2H2,1H3,(H,36,40)(H,37,41)(H,38,39)/b28-17+. The highest BCUT2D eigenvalue weighted by molar-refractivity contribution is 8.00. The Kier molecular flexibility index (Phi) is 10.8. The highest BCUT2D eigenvalue weighted by atomic mass is 35.5. The largest absolute Gasteiger partial charge is 0.323 e. The van der Waals surface area contributed by atoms with Crippen molar-refractivity contribution in [2.75, 3.05) is 10.6 Å². The second-order valence-corrected chi connectivity index (χ2v) is 11.1. The topological polar surface area (TPSA) is 87.3 Å². The quantitative estimate of drug-likeness (QED) is 0.123. The Labute approximate surface area is 257 Å². The molecule has 3 amide bonds. The minimum Gasteiger partial charge on any atom is -0.323 e. The Bertz CT molecular complexity index is 1630. The van der Waals surface area contributed by atoms with Crippen molar-refractivity contribution in [2.45, 2.75) is 23.5 Å². The van der Waals surface area contributed by atoms with E-state index in [9.17, 15) is 18.8 Å². The van der Waals surface area contributed by atoms with Gasteiger partial charge in [0.05, 0.1) is 10.9 Å². The molecule has 4 aromatic carbocycles. The molecule has 10 heteroatoms. The van der Waals surface area contributed by atoms with Crippen LogP contribution in [-0.4, -0.2) is 23.0 Å². The molecule has 0 aliphatic rings. The van der Waals surface area contributed by atoms with E-state index in [1.165, 1.54) is 36.0 Å². The SMILES string of the molecule is CCC(Sc1cccc(NC(=O)/C(=C\c2ccc(Cl)cc2Cl)NC(=O)c2ccccc2)c1)C(=O)Nc1ccccc1F. The van der Waals surface area contributed by atoms with Gasteiger partial charge in [0, 0.05) is 26.2 Å². The van der Waals surface area contributed by atoms with Gasteiger partial charge < -0.3 is 16.0 Å². The molecule has 0 heterocycles. The number of amides is 3. The Morgan fingerprint density at radius 3 is 2.33 bits per heavy atom. The van der Waals surface area contributed by atoms with Crippen LogP contribution in [0.25, 0.3) is 6.08 Å². The van der Waals surface area contributed by atoms with Crippen LogP contribution in [0.5, 0.6) is 0 Å². The average molecular weight is 623 g/mol. The molecule has 4 rings (SSSR count). The van der Waals surface area contributed by atoms with Crippen LogP contribution in [0.1, 0.15) is 29.3 Å². The Balaban J connectivity index is 1.53. The Morgan fingerprint density at radius 2 is 1.62 bits per heavy atom. The van der Waals surface area contributed by atoms with Gasteiger partial charge in [0.2, 0.25) is 5.91 Å². The summed E-state index contributed by atoms with van der Waals surface area (Å²) in [5.41, 5.74) is 1.37. The summed E-state index contributed by atoms with van der Waals surface area (Å²) in [6.45, 7) is 1.86. The number of hydrogen-bond donors (Lipinski definition) is 3. The van der Waals surface area contributed by atoms with Crippen molar-refractivity contribution < 1.29 is 18.8 Å². The van der Waals surface area contributed by atoms with E-state index < -0.39 is 22.9 Å². The van der Waals surface area contributed by atoms with Gasteiger partial charge in [-0.2, -0.15) is 0 Å². The normalized spacial score (nSPS) is 11.9. The number of carbonyl (C=O) groups excluding carboxylic acids is 3. The lowest BCUT2D eigenvalue weighted by molar-refractivity contribution is -0.116. The summed E-state index contributed by atoms with van der Waals surface area (Å²) < 4.78 is 14.0. The number of thioether (sulfide) groups is 1. The van der Waals surface area contributed by atoms with E-state index in [0.717, 1.165) is 0 Å². The van der Waals surface area contributed by atoms with Crippen molar-refractivity contribution in [1.82, 2.24) is 5.32 Å². The van der Waals surface area contributed by atoms with E-state index in [2.05, 4.69) is 16.0 Å². The molecule has 0 saturated heterocycles. The lowest BCUT2D eigenvalue weighted by Crippen LogP contribution is -2.30. The minimum atomic E-state index is -0.586. The van der Waals surface area contributed by atoms with E-state index in [0.29, 0.717) is 38.2 Å². The van der Waals surface area contributed by atoms with Crippen molar-refractivity contribution >= 4 is 70.1 Å². The maximum absolute atomic E-state index is 14.0. The molecule has 0 aromatic heterocycles. The second kappa shape index (κ2) is 14.7.